The molecule has 4 fully saturated rings. The van der Waals surface area contributed by atoms with Gasteiger partial charge in [-0.2, -0.15) is 26.3 Å². The zero-order chi connectivity index (χ0) is 49.5. The van der Waals surface area contributed by atoms with Gasteiger partial charge >= 0.3 is 0 Å². The van der Waals surface area contributed by atoms with Crippen molar-refractivity contribution in [3.05, 3.63) is 159 Å². The molecular formula is C61H54N10O. The second-order valence-corrected chi connectivity index (χ2v) is 20.8. The van der Waals surface area contributed by atoms with Gasteiger partial charge in [0, 0.05) is 75.6 Å². The molecule has 4 aliphatic rings. The van der Waals surface area contributed by atoms with Crippen LogP contribution in [0.4, 0.5) is 0 Å². The molecule has 6 heterocycles. The maximum atomic E-state index is 10.3. The molecule has 4 saturated heterocycles. The van der Waals surface area contributed by atoms with Crippen LogP contribution < -0.4 is 5.32 Å². The van der Waals surface area contributed by atoms with Crippen LogP contribution in [0.15, 0.2) is 108 Å². The Labute approximate surface area is 419 Å². The second-order valence-electron chi connectivity index (χ2n) is 20.8. The van der Waals surface area contributed by atoms with Crippen LogP contribution in [0, 0.1) is 63.6 Å². The third-order valence-corrected chi connectivity index (χ3v) is 17.4. The van der Waals surface area contributed by atoms with E-state index in [1.54, 1.807) is 18.2 Å². The third-order valence-electron chi connectivity index (χ3n) is 17.4. The fraction of sp³-hybridized carbons (Fsp3) is 0.328. The molecule has 0 saturated carbocycles. The maximum Gasteiger partial charge on any atom is 0.142 e. The number of para-hydroxylation sites is 3. The summed E-state index contributed by atoms with van der Waals surface area (Å²) >= 11 is 0. The molecule has 1 N–H and O–H groups in total. The minimum atomic E-state index is -0.127. The van der Waals surface area contributed by atoms with Gasteiger partial charge < -0.3 is 14.3 Å². The topological polar surface area (TPSA) is 159 Å². The van der Waals surface area contributed by atoms with Gasteiger partial charge in [-0.15, -0.1) is 0 Å². The Hall–Kier alpha value is -7.79. The summed E-state index contributed by atoms with van der Waals surface area (Å²) in [5.74, 6) is 0. The molecule has 8 atom stereocenters. The van der Waals surface area contributed by atoms with Crippen LogP contribution in [-0.2, 0) is 0 Å². The highest BCUT2D eigenvalue weighted by Gasteiger charge is 2.47. The lowest BCUT2D eigenvalue weighted by molar-refractivity contribution is -0.0261. The van der Waals surface area contributed by atoms with Crippen molar-refractivity contribution in [2.75, 3.05) is 21.1 Å². The summed E-state index contributed by atoms with van der Waals surface area (Å²) < 4.78 is 9.79. The predicted molar refractivity (Wildman–Crippen MR) is 279 cm³/mol. The maximum absolute atomic E-state index is 10.3. The van der Waals surface area contributed by atoms with E-state index >= 15 is 0 Å². The van der Waals surface area contributed by atoms with Crippen LogP contribution in [0.25, 0.3) is 49.4 Å². The van der Waals surface area contributed by atoms with E-state index in [2.05, 4.69) is 155 Å². The number of likely N-dealkylation sites (N-methyl/N-ethyl adjacent to an activating group) is 3. The van der Waals surface area contributed by atoms with Gasteiger partial charge in [0.25, 0.3) is 0 Å². The average Bonchev–Trinajstić information content (AvgIpc) is 3.97. The second kappa shape index (κ2) is 17.8. The summed E-state index contributed by atoms with van der Waals surface area (Å²) in [5, 5.41) is 59.0. The molecule has 0 radical (unpaired) electrons. The van der Waals surface area contributed by atoms with Crippen molar-refractivity contribution in [3.8, 4) is 36.0 Å². The number of fused-ring (bicyclic) bond motifs is 8. The standard InChI is InChI=1S/C61H54N10O/c1-35-25-36(30-62)26-38(32-64)57(35)46-18-19-50-45(67-46)17-20-54(69(50)3)60-44(47-21-22-52-51(68(47)2)23-24-53(70(52)4)58-39(33-65)27-37(31-63)28-40(58)34-66)29-55(59-43-13-7-10-16-56(43)72-61(59)60)71-48-14-8-5-11-41(48)42-12-6-9-15-49(42)71/h5-16,25-29,45-47,50-54,67H,17-24H2,1-4H3. The van der Waals surface area contributed by atoms with Gasteiger partial charge in [0.2, 0.25) is 0 Å². The molecule has 2 aromatic heterocycles. The quantitative estimate of drug-likeness (QED) is 0.176. The summed E-state index contributed by atoms with van der Waals surface area (Å²) in [6.07, 6.45) is 7.15. The van der Waals surface area contributed by atoms with Gasteiger partial charge in [0.05, 0.1) is 80.3 Å². The SMILES string of the molecule is Cc1cc(C#N)cc(C#N)c1C1CCC2C(CCC(c3c(C4CCC5C(CCC(c6c(C#N)cc(C#N)cc6C#N)N5C)N4C)cc(-n4c5ccccc5c5ccccc54)c4c3oc3ccccc34)N2C)N1. The highest BCUT2D eigenvalue weighted by Crippen LogP contribution is 2.52. The number of likely N-dealkylation sites (tertiary alicyclic amines) is 3. The monoisotopic (exact) mass is 942 g/mol. The first-order chi connectivity index (χ1) is 35.2. The predicted octanol–water partition coefficient (Wildman–Crippen LogP) is 11.9. The van der Waals surface area contributed by atoms with Crippen molar-refractivity contribution >= 4 is 43.7 Å². The number of nitrogens with zero attached hydrogens (tertiary/aromatic N) is 9. The number of aryl methyl sites for hydroxylation is 1. The van der Waals surface area contributed by atoms with Crippen LogP contribution in [0.2, 0.25) is 0 Å². The largest absolute Gasteiger partial charge is 0.456 e. The van der Waals surface area contributed by atoms with Crippen molar-refractivity contribution < 1.29 is 4.42 Å². The molecule has 354 valence electrons. The number of nitriles is 5. The number of benzene rings is 6. The number of rotatable bonds is 5. The molecule has 8 aromatic rings. The Morgan fingerprint density at radius 2 is 1.03 bits per heavy atom. The highest BCUT2D eigenvalue weighted by atomic mass is 16.3. The van der Waals surface area contributed by atoms with E-state index in [0.29, 0.717) is 27.8 Å². The zero-order valence-electron chi connectivity index (χ0n) is 41.0. The lowest BCUT2D eigenvalue weighted by Gasteiger charge is -2.54. The highest BCUT2D eigenvalue weighted by molar-refractivity contribution is 6.15. The summed E-state index contributed by atoms with van der Waals surface area (Å²) in [4.78, 5) is 7.67. The van der Waals surface area contributed by atoms with Gasteiger partial charge in [-0.1, -0.05) is 54.6 Å². The van der Waals surface area contributed by atoms with Crippen molar-refractivity contribution in [2.45, 2.75) is 107 Å². The summed E-state index contributed by atoms with van der Waals surface area (Å²) in [7, 11) is 6.77. The fourth-order valence-corrected chi connectivity index (χ4v) is 14.3. The number of aromatic nitrogens is 1. The summed E-state index contributed by atoms with van der Waals surface area (Å²) in [5.41, 5.74) is 12.7. The van der Waals surface area contributed by atoms with Gasteiger partial charge in [0.1, 0.15) is 11.2 Å². The van der Waals surface area contributed by atoms with Gasteiger partial charge in [0.15, 0.2) is 0 Å². The first kappa shape index (κ1) is 45.4. The van der Waals surface area contributed by atoms with Crippen molar-refractivity contribution in [2.24, 2.45) is 0 Å². The van der Waals surface area contributed by atoms with Crippen molar-refractivity contribution in [1.29, 1.82) is 26.3 Å². The number of piperidine rings is 4. The first-order valence-corrected chi connectivity index (χ1v) is 25.4. The van der Waals surface area contributed by atoms with Crippen LogP contribution in [-0.4, -0.2) is 64.6 Å². The molecule has 4 aliphatic heterocycles. The summed E-state index contributed by atoms with van der Waals surface area (Å²) in [6, 6.07) is 47.7. The Balaban J connectivity index is 0.992. The van der Waals surface area contributed by atoms with Crippen LogP contribution in [0.1, 0.15) is 131 Å². The number of hydrogen-bond acceptors (Lipinski definition) is 10. The molecule has 72 heavy (non-hydrogen) atoms. The minimum absolute atomic E-state index is 0.0219. The van der Waals surface area contributed by atoms with Crippen molar-refractivity contribution in [1.82, 2.24) is 24.6 Å². The van der Waals surface area contributed by atoms with Crippen LogP contribution in [0.3, 0.4) is 0 Å². The number of furan rings is 1. The Morgan fingerprint density at radius 1 is 0.514 bits per heavy atom. The molecule has 11 heteroatoms. The average molecular weight is 943 g/mol. The minimum Gasteiger partial charge on any atom is -0.456 e. The van der Waals surface area contributed by atoms with Crippen molar-refractivity contribution in [3.63, 3.8) is 0 Å². The molecule has 0 amide bonds. The third kappa shape index (κ3) is 6.94. The summed E-state index contributed by atoms with van der Waals surface area (Å²) in [6.45, 7) is 2.02. The van der Waals surface area contributed by atoms with E-state index in [4.69, 9.17) is 4.42 Å². The van der Waals surface area contributed by atoms with E-state index in [0.717, 1.165) is 107 Å². The van der Waals surface area contributed by atoms with E-state index in [1.807, 2.05) is 13.0 Å². The van der Waals surface area contributed by atoms with Gasteiger partial charge in [-0.3, -0.25) is 14.7 Å². The van der Waals surface area contributed by atoms with Crippen LogP contribution in [0.5, 0.6) is 0 Å². The molecule has 12 rings (SSSR count). The molecule has 6 aromatic carbocycles. The molecule has 0 bridgehead atoms. The van der Waals surface area contributed by atoms with Crippen LogP contribution >= 0.6 is 0 Å². The lowest BCUT2D eigenvalue weighted by atomic mass is 9.75. The molecule has 0 spiro atoms. The normalized spacial score (nSPS) is 24.8. The Bertz CT molecular complexity index is 3670. The first-order valence-electron chi connectivity index (χ1n) is 25.4. The molecule has 11 nitrogen and oxygen atoms in total. The van der Waals surface area contributed by atoms with Gasteiger partial charge in [-0.25, -0.2) is 0 Å². The fourth-order valence-electron chi connectivity index (χ4n) is 14.3. The molecular weight excluding hydrogens is 889 g/mol. The Kier molecular flexibility index (Phi) is 11.2. The zero-order valence-corrected chi connectivity index (χ0v) is 41.0. The van der Waals surface area contributed by atoms with E-state index in [9.17, 15) is 26.3 Å². The number of nitrogens with one attached hydrogen (secondary N) is 1. The van der Waals surface area contributed by atoms with E-state index in [1.165, 1.54) is 21.9 Å². The lowest BCUT2D eigenvalue weighted by Crippen LogP contribution is -2.58. The van der Waals surface area contributed by atoms with E-state index in [-0.39, 0.29) is 48.3 Å². The molecule has 8 unspecified atom stereocenters. The van der Waals surface area contributed by atoms with E-state index < -0.39 is 0 Å². The smallest absolute Gasteiger partial charge is 0.142 e. The Morgan fingerprint density at radius 3 is 1.67 bits per heavy atom. The molecule has 0 aliphatic carbocycles. The number of hydrogen-bond donors (Lipinski definition) is 1. The van der Waals surface area contributed by atoms with Gasteiger partial charge in [-0.05, 0) is 145 Å².